The second kappa shape index (κ2) is 6.37. The SMILES string of the molecule is CCCNC1CC(C)CCc2c1cc(Cl)c1ccccc21. The third kappa shape index (κ3) is 2.95. The van der Waals surface area contributed by atoms with E-state index >= 15 is 0 Å². The predicted molar refractivity (Wildman–Crippen MR) is 92.1 cm³/mol. The lowest BCUT2D eigenvalue weighted by Gasteiger charge is -2.22. The largest absolute Gasteiger partial charge is 0.310 e. The maximum atomic E-state index is 6.56. The zero-order valence-electron chi connectivity index (χ0n) is 13.0. The van der Waals surface area contributed by atoms with Crippen LogP contribution in [-0.2, 0) is 6.42 Å². The lowest BCUT2D eigenvalue weighted by molar-refractivity contribution is 0.409. The van der Waals surface area contributed by atoms with Gasteiger partial charge in [0.1, 0.15) is 0 Å². The zero-order valence-corrected chi connectivity index (χ0v) is 13.7. The van der Waals surface area contributed by atoms with Gasteiger partial charge in [-0.3, -0.25) is 0 Å². The molecule has 0 bridgehead atoms. The van der Waals surface area contributed by atoms with E-state index in [1.165, 1.54) is 47.6 Å². The minimum atomic E-state index is 0.444. The molecule has 0 aliphatic heterocycles. The second-order valence-electron chi connectivity index (χ2n) is 6.36. The molecule has 0 amide bonds. The van der Waals surface area contributed by atoms with Gasteiger partial charge < -0.3 is 5.32 Å². The summed E-state index contributed by atoms with van der Waals surface area (Å²) < 4.78 is 0. The molecule has 3 rings (SSSR count). The van der Waals surface area contributed by atoms with Crippen LogP contribution >= 0.6 is 11.6 Å². The summed E-state index contributed by atoms with van der Waals surface area (Å²) in [5, 5.41) is 7.16. The van der Waals surface area contributed by atoms with E-state index in [4.69, 9.17) is 11.6 Å². The highest BCUT2D eigenvalue weighted by Crippen LogP contribution is 2.38. The number of aryl methyl sites for hydroxylation is 1. The Morgan fingerprint density at radius 3 is 2.76 bits per heavy atom. The van der Waals surface area contributed by atoms with Crippen LogP contribution in [0, 0.1) is 5.92 Å². The first-order valence-corrected chi connectivity index (χ1v) is 8.52. The van der Waals surface area contributed by atoms with E-state index < -0.39 is 0 Å². The summed E-state index contributed by atoms with van der Waals surface area (Å²) in [4.78, 5) is 0. The van der Waals surface area contributed by atoms with Crippen molar-refractivity contribution in [3.8, 4) is 0 Å². The third-order valence-corrected chi connectivity index (χ3v) is 4.99. The molecule has 2 heteroatoms. The van der Waals surface area contributed by atoms with Gasteiger partial charge in [-0.05, 0) is 60.7 Å². The number of rotatable bonds is 3. The molecule has 21 heavy (non-hydrogen) atoms. The van der Waals surface area contributed by atoms with Gasteiger partial charge in [-0.25, -0.2) is 0 Å². The Morgan fingerprint density at radius 1 is 1.24 bits per heavy atom. The quantitative estimate of drug-likeness (QED) is 0.737. The molecule has 0 saturated carbocycles. The number of fused-ring (bicyclic) bond motifs is 3. The highest BCUT2D eigenvalue weighted by atomic mass is 35.5. The highest BCUT2D eigenvalue weighted by Gasteiger charge is 2.24. The van der Waals surface area contributed by atoms with E-state index in [0.717, 1.165) is 17.5 Å². The monoisotopic (exact) mass is 301 g/mol. The fourth-order valence-corrected chi connectivity index (χ4v) is 3.83. The molecule has 2 atom stereocenters. The zero-order chi connectivity index (χ0) is 14.8. The maximum Gasteiger partial charge on any atom is 0.0487 e. The topological polar surface area (TPSA) is 12.0 Å². The molecular formula is C19H24ClN. The van der Waals surface area contributed by atoms with Crippen LogP contribution in [0.25, 0.3) is 10.8 Å². The lowest BCUT2D eigenvalue weighted by Crippen LogP contribution is -2.23. The van der Waals surface area contributed by atoms with Gasteiger partial charge in [0.05, 0.1) is 0 Å². The molecule has 2 unspecified atom stereocenters. The van der Waals surface area contributed by atoms with Crippen LogP contribution < -0.4 is 5.32 Å². The van der Waals surface area contributed by atoms with E-state index in [1.807, 2.05) is 0 Å². The van der Waals surface area contributed by atoms with Crippen molar-refractivity contribution in [3.05, 3.63) is 46.5 Å². The van der Waals surface area contributed by atoms with Gasteiger partial charge in [0.25, 0.3) is 0 Å². The van der Waals surface area contributed by atoms with E-state index in [2.05, 4.69) is 49.5 Å². The van der Waals surface area contributed by atoms with Crippen molar-refractivity contribution in [1.29, 1.82) is 0 Å². The normalized spacial score (nSPS) is 22.0. The second-order valence-corrected chi connectivity index (χ2v) is 6.77. The van der Waals surface area contributed by atoms with Gasteiger partial charge in [-0.1, -0.05) is 49.7 Å². The number of hydrogen-bond acceptors (Lipinski definition) is 1. The summed E-state index contributed by atoms with van der Waals surface area (Å²) in [6, 6.07) is 11.2. The van der Waals surface area contributed by atoms with Crippen molar-refractivity contribution in [3.63, 3.8) is 0 Å². The van der Waals surface area contributed by atoms with Crippen molar-refractivity contribution >= 4 is 22.4 Å². The fourth-order valence-electron chi connectivity index (χ4n) is 3.55. The summed E-state index contributed by atoms with van der Waals surface area (Å²) >= 11 is 6.56. The van der Waals surface area contributed by atoms with Crippen molar-refractivity contribution in [2.75, 3.05) is 6.54 Å². The Bertz CT molecular complexity index is 635. The molecule has 2 aromatic carbocycles. The third-order valence-electron chi connectivity index (χ3n) is 4.68. The van der Waals surface area contributed by atoms with Gasteiger partial charge in [0.2, 0.25) is 0 Å². The minimum Gasteiger partial charge on any atom is -0.310 e. The smallest absolute Gasteiger partial charge is 0.0487 e. The van der Waals surface area contributed by atoms with Crippen LogP contribution in [0.3, 0.4) is 0 Å². The van der Waals surface area contributed by atoms with Crippen molar-refractivity contribution < 1.29 is 0 Å². The molecule has 1 aliphatic carbocycles. The van der Waals surface area contributed by atoms with Gasteiger partial charge in [-0.15, -0.1) is 0 Å². The Kier molecular flexibility index (Phi) is 4.51. The fraction of sp³-hybridized carbons (Fsp3) is 0.474. The number of hydrogen-bond donors (Lipinski definition) is 1. The predicted octanol–water partition coefficient (Wildman–Crippen LogP) is 5.51. The summed E-state index contributed by atoms with van der Waals surface area (Å²) in [5.41, 5.74) is 2.93. The molecule has 2 aromatic rings. The molecule has 0 heterocycles. The molecule has 112 valence electrons. The van der Waals surface area contributed by atoms with Gasteiger partial charge >= 0.3 is 0 Å². The summed E-state index contributed by atoms with van der Waals surface area (Å²) in [7, 11) is 0. The maximum absolute atomic E-state index is 6.56. The average molecular weight is 302 g/mol. The number of nitrogens with one attached hydrogen (secondary N) is 1. The Balaban J connectivity index is 2.14. The van der Waals surface area contributed by atoms with E-state index in [9.17, 15) is 0 Å². The lowest BCUT2D eigenvalue weighted by atomic mass is 9.93. The first-order valence-electron chi connectivity index (χ1n) is 8.14. The van der Waals surface area contributed by atoms with Crippen molar-refractivity contribution in [2.45, 2.75) is 45.6 Å². The van der Waals surface area contributed by atoms with Crippen LogP contribution in [0.15, 0.2) is 30.3 Å². The average Bonchev–Trinajstić information content (AvgIpc) is 2.65. The Morgan fingerprint density at radius 2 is 2.00 bits per heavy atom. The van der Waals surface area contributed by atoms with Crippen LogP contribution in [0.4, 0.5) is 0 Å². The van der Waals surface area contributed by atoms with Crippen LogP contribution in [0.2, 0.25) is 5.02 Å². The van der Waals surface area contributed by atoms with Gasteiger partial charge in [0.15, 0.2) is 0 Å². The van der Waals surface area contributed by atoms with Crippen LogP contribution in [-0.4, -0.2) is 6.54 Å². The van der Waals surface area contributed by atoms with E-state index in [-0.39, 0.29) is 0 Å². The molecule has 0 radical (unpaired) electrons. The number of halogens is 1. The highest BCUT2D eigenvalue weighted by molar-refractivity contribution is 6.35. The summed E-state index contributed by atoms with van der Waals surface area (Å²) in [6.45, 7) is 5.67. The van der Waals surface area contributed by atoms with Crippen LogP contribution in [0.5, 0.6) is 0 Å². The standard InChI is InChI=1S/C19H24ClN/c1-3-10-21-19-11-13(2)8-9-15-14-6-4-5-7-16(14)18(20)12-17(15)19/h4-7,12-13,19,21H,3,8-11H2,1-2H3. The molecule has 0 aromatic heterocycles. The molecule has 0 fully saturated rings. The first-order chi connectivity index (χ1) is 10.2. The van der Waals surface area contributed by atoms with E-state index in [0.29, 0.717) is 6.04 Å². The molecular weight excluding hydrogens is 278 g/mol. The van der Waals surface area contributed by atoms with E-state index in [1.54, 1.807) is 0 Å². The van der Waals surface area contributed by atoms with Crippen LogP contribution in [0.1, 0.15) is 50.3 Å². The molecule has 1 aliphatic rings. The van der Waals surface area contributed by atoms with Crippen molar-refractivity contribution in [2.24, 2.45) is 5.92 Å². The minimum absolute atomic E-state index is 0.444. The van der Waals surface area contributed by atoms with Gasteiger partial charge in [-0.2, -0.15) is 0 Å². The number of benzene rings is 2. The Labute approximate surface area is 132 Å². The van der Waals surface area contributed by atoms with Crippen molar-refractivity contribution in [1.82, 2.24) is 5.32 Å². The first kappa shape index (κ1) is 14.9. The summed E-state index contributed by atoms with van der Waals surface area (Å²) in [6.07, 6.45) is 4.81. The summed E-state index contributed by atoms with van der Waals surface area (Å²) in [5.74, 6) is 0.754. The molecule has 0 saturated heterocycles. The molecule has 1 nitrogen and oxygen atoms in total. The molecule has 0 spiro atoms. The molecule has 1 N–H and O–H groups in total. The Hall–Kier alpha value is -1.05. The van der Waals surface area contributed by atoms with Gasteiger partial charge in [0, 0.05) is 16.5 Å².